The first-order valence-electron chi connectivity index (χ1n) is 9.87. The van der Waals surface area contributed by atoms with Crippen LogP contribution in [0.1, 0.15) is 17.3 Å². The molecule has 1 atom stereocenters. The molecule has 3 rings (SSSR count). The molecule has 1 heterocycles. The Hall–Kier alpha value is -4.08. The van der Waals surface area contributed by atoms with Gasteiger partial charge in [0.05, 0.1) is 30.5 Å². The number of fused-ring (bicyclic) bond motifs is 1. The summed E-state index contributed by atoms with van der Waals surface area (Å²) < 4.78 is 0. The van der Waals surface area contributed by atoms with Crippen molar-refractivity contribution in [2.75, 3.05) is 37.0 Å². The van der Waals surface area contributed by atoms with Crippen LogP contribution in [0.3, 0.4) is 0 Å². The molecule has 0 aliphatic carbocycles. The van der Waals surface area contributed by atoms with E-state index in [2.05, 4.69) is 5.32 Å². The highest BCUT2D eigenvalue weighted by atomic mass is 16.4. The van der Waals surface area contributed by atoms with Crippen LogP contribution in [-0.2, 0) is 4.79 Å². The largest absolute Gasteiger partial charge is 0.465 e. The van der Waals surface area contributed by atoms with E-state index in [1.807, 2.05) is 0 Å². The van der Waals surface area contributed by atoms with Crippen LogP contribution in [0.5, 0.6) is 0 Å². The highest BCUT2D eigenvalue weighted by Gasteiger charge is 2.35. The Balaban J connectivity index is 1.92. The van der Waals surface area contributed by atoms with Crippen molar-refractivity contribution in [3.63, 3.8) is 0 Å². The van der Waals surface area contributed by atoms with Crippen LogP contribution < -0.4 is 15.1 Å². The highest BCUT2D eigenvalue weighted by molar-refractivity contribution is 6.01. The SMILES string of the molecule is CNC(=O)CN(C)C(=O)c1ccc(-c2ccc3c(c2)N(C(=O)O)C[C@H](C)N3C(=O)O)cc1. The van der Waals surface area contributed by atoms with Crippen molar-refractivity contribution < 1.29 is 29.4 Å². The molecule has 0 unspecified atom stereocenters. The van der Waals surface area contributed by atoms with E-state index >= 15 is 0 Å². The summed E-state index contributed by atoms with van der Waals surface area (Å²) in [5.41, 5.74) is 2.37. The van der Waals surface area contributed by atoms with Gasteiger partial charge in [0.2, 0.25) is 5.91 Å². The first-order valence-corrected chi connectivity index (χ1v) is 9.87. The number of anilines is 2. The van der Waals surface area contributed by atoms with Crippen molar-refractivity contribution in [1.29, 1.82) is 0 Å². The van der Waals surface area contributed by atoms with Crippen LogP contribution in [0.25, 0.3) is 11.1 Å². The first kappa shape index (κ1) is 22.6. The number of benzene rings is 2. The maximum atomic E-state index is 12.5. The van der Waals surface area contributed by atoms with Crippen molar-refractivity contribution in [3.8, 4) is 11.1 Å². The van der Waals surface area contributed by atoms with E-state index in [4.69, 9.17) is 0 Å². The zero-order chi connectivity index (χ0) is 23.6. The average Bonchev–Trinajstić information content (AvgIpc) is 2.77. The van der Waals surface area contributed by atoms with Gasteiger partial charge in [0.15, 0.2) is 0 Å². The summed E-state index contributed by atoms with van der Waals surface area (Å²) in [6.07, 6.45) is -2.32. The number of carbonyl (C=O) groups is 4. The van der Waals surface area contributed by atoms with Gasteiger partial charge in [0, 0.05) is 19.7 Å². The lowest BCUT2D eigenvalue weighted by atomic mass is 10.00. The van der Waals surface area contributed by atoms with E-state index < -0.39 is 18.2 Å². The molecule has 2 aromatic carbocycles. The molecular weight excluding hydrogens is 416 g/mol. The Bertz CT molecular complexity index is 1070. The van der Waals surface area contributed by atoms with Crippen molar-refractivity contribution >= 4 is 35.4 Å². The molecular formula is C22H24N4O6. The third kappa shape index (κ3) is 4.34. The van der Waals surface area contributed by atoms with Gasteiger partial charge in [-0.1, -0.05) is 18.2 Å². The van der Waals surface area contributed by atoms with E-state index in [-0.39, 0.29) is 30.6 Å². The second-order valence-electron chi connectivity index (χ2n) is 7.51. The molecule has 0 aromatic heterocycles. The van der Waals surface area contributed by atoms with Crippen LogP contribution in [-0.4, -0.2) is 72.3 Å². The van der Waals surface area contributed by atoms with E-state index in [0.717, 1.165) is 15.4 Å². The van der Waals surface area contributed by atoms with Gasteiger partial charge in [-0.15, -0.1) is 0 Å². The topological polar surface area (TPSA) is 130 Å². The quantitative estimate of drug-likeness (QED) is 0.670. The molecule has 0 saturated carbocycles. The monoisotopic (exact) mass is 440 g/mol. The van der Waals surface area contributed by atoms with Crippen LogP contribution in [0, 0.1) is 0 Å². The van der Waals surface area contributed by atoms with Gasteiger partial charge in [0.25, 0.3) is 5.91 Å². The van der Waals surface area contributed by atoms with Crippen LogP contribution in [0.15, 0.2) is 42.5 Å². The minimum absolute atomic E-state index is 0.0171. The number of carbonyl (C=O) groups excluding carboxylic acids is 2. The fraction of sp³-hybridized carbons (Fsp3) is 0.273. The molecule has 32 heavy (non-hydrogen) atoms. The van der Waals surface area contributed by atoms with Crippen molar-refractivity contribution in [2.45, 2.75) is 13.0 Å². The standard InChI is InChI=1S/C22H24N4O6/c1-13-11-25(21(29)30)18-10-16(8-9-17(18)26(13)22(31)32)14-4-6-15(7-5-14)20(28)24(3)12-19(27)23-2/h4-10,13H,11-12H2,1-3H3,(H,23,27)(H,29,30)(H,31,32)/t13-/m0/s1. The molecule has 2 aromatic rings. The Morgan fingerprint density at radius 2 is 1.62 bits per heavy atom. The molecule has 0 saturated heterocycles. The smallest absolute Gasteiger partial charge is 0.412 e. The summed E-state index contributed by atoms with van der Waals surface area (Å²) in [4.78, 5) is 51.0. The predicted molar refractivity (Wildman–Crippen MR) is 118 cm³/mol. The third-order valence-electron chi connectivity index (χ3n) is 5.32. The second-order valence-corrected chi connectivity index (χ2v) is 7.51. The number of hydrogen-bond donors (Lipinski definition) is 3. The summed E-state index contributed by atoms with van der Waals surface area (Å²) in [6.45, 7) is 1.60. The fourth-order valence-electron chi connectivity index (χ4n) is 3.67. The third-order valence-corrected chi connectivity index (χ3v) is 5.32. The Morgan fingerprint density at radius 3 is 2.19 bits per heavy atom. The lowest BCUT2D eigenvalue weighted by Gasteiger charge is -2.38. The molecule has 0 radical (unpaired) electrons. The van der Waals surface area contributed by atoms with Crippen LogP contribution in [0.4, 0.5) is 21.0 Å². The highest BCUT2D eigenvalue weighted by Crippen LogP contribution is 2.38. The summed E-state index contributed by atoms with van der Waals surface area (Å²) in [5.74, 6) is -0.590. The Morgan fingerprint density at radius 1 is 1.00 bits per heavy atom. The normalized spacial score (nSPS) is 15.0. The summed E-state index contributed by atoms with van der Waals surface area (Å²) in [5, 5.41) is 21.6. The molecule has 3 N–H and O–H groups in total. The predicted octanol–water partition coefficient (Wildman–Crippen LogP) is 2.54. The zero-order valence-electron chi connectivity index (χ0n) is 17.9. The lowest BCUT2D eigenvalue weighted by molar-refractivity contribution is -0.121. The van der Waals surface area contributed by atoms with Crippen molar-refractivity contribution in [3.05, 3.63) is 48.0 Å². The van der Waals surface area contributed by atoms with E-state index in [0.29, 0.717) is 16.8 Å². The van der Waals surface area contributed by atoms with Crippen molar-refractivity contribution in [1.82, 2.24) is 10.2 Å². The Labute approximate surface area is 184 Å². The molecule has 0 bridgehead atoms. The molecule has 1 aliphatic rings. The molecule has 0 spiro atoms. The number of rotatable bonds is 4. The summed E-state index contributed by atoms with van der Waals surface area (Å²) in [6, 6.07) is 11.1. The van der Waals surface area contributed by atoms with Gasteiger partial charge < -0.3 is 20.4 Å². The number of nitrogens with one attached hydrogen (secondary N) is 1. The number of carboxylic acid groups (broad SMARTS) is 2. The number of nitrogens with zero attached hydrogens (tertiary/aromatic N) is 3. The van der Waals surface area contributed by atoms with E-state index in [9.17, 15) is 29.4 Å². The molecule has 10 nitrogen and oxygen atoms in total. The van der Waals surface area contributed by atoms with Gasteiger partial charge in [-0.05, 0) is 42.3 Å². The summed E-state index contributed by atoms with van der Waals surface area (Å²) >= 11 is 0. The molecule has 168 valence electrons. The van der Waals surface area contributed by atoms with Gasteiger partial charge in [0.1, 0.15) is 0 Å². The maximum Gasteiger partial charge on any atom is 0.412 e. The van der Waals surface area contributed by atoms with Gasteiger partial charge in [-0.25, -0.2) is 9.59 Å². The van der Waals surface area contributed by atoms with E-state index in [1.165, 1.54) is 19.0 Å². The van der Waals surface area contributed by atoms with Gasteiger partial charge in [-0.2, -0.15) is 0 Å². The minimum Gasteiger partial charge on any atom is -0.465 e. The maximum absolute atomic E-state index is 12.5. The lowest BCUT2D eigenvalue weighted by Crippen LogP contribution is -2.51. The molecule has 10 heteroatoms. The average molecular weight is 440 g/mol. The number of likely N-dealkylation sites (N-methyl/N-ethyl adjacent to an activating group) is 2. The molecule has 4 amide bonds. The number of amides is 4. The molecule has 1 aliphatic heterocycles. The van der Waals surface area contributed by atoms with Crippen LogP contribution >= 0.6 is 0 Å². The Kier molecular flexibility index (Phi) is 6.33. The zero-order valence-corrected chi connectivity index (χ0v) is 17.9. The summed E-state index contributed by atoms with van der Waals surface area (Å²) in [7, 11) is 3.03. The van der Waals surface area contributed by atoms with E-state index in [1.54, 1.807) is 49.4 Å². The van der Waals surface area contributed by atoms with Crippen molar-refractivity contribution in [2.24, 2.45) is 0 Å². The van der Waals surface area contributed by atoms with Gasteiger partial charge in [-0.3, -0.25) is 19.4 Å². The molecule has 0 fully saturated rings. The van der Waals surface area contributed by atoms with Gasteiger partial charge >= 0.3 is 12.2 Å². The fourth-order valence-corrected chi connectivity index (χ4v) is 3.67. The minimum atomic E-state index is -1.17. The number of hydrogen-bond acceptors (Lipinski definition) is 4. The second kappa shape index (κ2) is 8.96. The first-order chi connectivity index (χ1) is 15.1. The van der Waals surface area contributed by atoms with Crippen LogP contribution in [0.2, 0.25) is 0 Å².